The van der Waals surface area contributed by atoms with E-state index in [-0.39, 0.29) is 61.3 Å². The van der Waals surface area contributed by atoms with Crippen molar-refractivity contribution in [2.75, 3.05) is 13.2 Å². The Kier molecular flexibility index (Phi) is 10.9. The number of carbonyl (C=O) groups excluding carboxylic acids is 2. The number of hydrogen-bond donors (Lipinski definition) is 2. The van der Waals surface area contributed by atoms with Crippen molar-refractivity contribution in [3.05, 3.63) is 58.7 Å². The summed E-state index contributed by atoms with van der Waals surface area (Å²) in [5, 5.41) is 12.5. The van der Waals surface area contributed by atoms with Gasteiger partial charge in [0, 0.05) is 12.1 Å². The van der Waals surface area contributed by atoms with Crippen molar-refractivity contribution < 1.29 is 63.7 Å². The Morgan fingerprint density at radius 2 is 1.37 bits per heavy atom. The fraction of sp³-hybridized carbons (Fsp3) is 0.533. The van der Waals surface area contributed by atoms with Gasteiger partial charge >= 0.3 is 24.7 Å². The minimum Gasteiger partial charge on any atom is -0.493 e. The van der Waals surface area contributed by atoms with E-state index < -0.39 is 53.1 Å². The number of imide groups is 1. The second kappa shape index (κ2) is 13.6. The first-order chi connectivity index (χ1) is 21.2. The quantitative estimate of drug-likeness (QED) is 0.131. The first kappa shape index (κ1) is 36.8. The van der Waals surface area contributed by atoms with Crippen LogP contribution < -0.4 is 14.8 Å². The molecule has 1 fully saturated rings. The minimum atomic E-state index is -6.04. The number of aliphatic hydroxyl groups is 1. The zero-order valence-electron chi connectivity index (χ0n) is 25.1. The number of amides is 3. The number of unbranched alkanes of at least 4 members (excludes halogenated alkanes) is 1. The third-order valence-corrected chi connectivity index (χ3v) is 7.48. The molecule has 2 aromatic carbocycles. The van der Waals surface area contributed by atoms with Crippen LogP contribution in [0.15, 0.2) is 36.4 Å². The summed E-state index contributed by atoms with van der Waals surface area (Å²) in [4.78, 5) is 26.7. The van der Waals surface area contributed by atoms with Crippen LogP contribution in [0.5, 0.6) is 11.5 Å². The molecule has 1 saturated heterocycles. The zero-order chi connectivity index (χ0) is 34.7. The molecule has 1 unspecified atom stereocenters. The van der Waals surface area contributed by atoms with Gasteiger partial charge in [-0.2, -0.15) is 26.3 Å². The Bertz CT molecular complexity index is 1350. The molecule has 0 aliphatic carbocycles. The second-order valence-corrected chi connectivity index (χ2v) is 11.0. The van der Waals surface area contributed by atoms with E-state index in [1.807, 2.05) is 0 Å². The van der Waals surface area contributed by atoms with E-state index in [4.69, 9.17) is 4.74 Å². The third-order valence-electron chi connectivity index (χ3n) is 7.48. The number of alkyl halides is 9. The summed E-state index contributed by atoms with van der Waals surface area (Å²) in [6, 6.07) is 5.03. The van der Waals surface area contributed by atoms with Gasteiger partial charge in [-0.1, -0.05) is 38.8 Å². The van der Waals surface area contributed by atoms with E-state index in [1.165, 1.54) is 19.1 Å². The normalized spacial score (nSPS) is 17.8. The summed E-state index contributed by atoms with van der Waals surface area (Å²) in [7, 11) is 0. The first-order valence-corrected chi connectivity index (χ1v) is 14.3. The monoisotopic (exact) mass is 672 g/mol. The Hall–Kier alpha value is -3.69. The van der Waals surface area contributed by atoms with E-state index in [0.29, 0.717) is 25.0 Å². The summed E-state index contributed by atoms with van der Waals surface area (Å²) in [6.45, 7) is 4.60. The van der Waals surface area contributed by atoms with Gasteiger partial charge < -0.3 is 19.9 Å². The van der Waals surface area contributed by atoms with E-state index in [0.717, 1.165) is 17.0 Å². The summed E-state index contributed by atoms with van der Waals surface area (Å²) in [5.74, 6) is -1.06. The summed E-state index contributed by atoms with van der Waals surface area (Å²) < 4.78 is 129. The van der Waals surface area contributed by atoms with Crippen molar-refractivity contribution in [1.29, 1.82) is 0 Å². The Morgan fingerprint density at radius 1 is 0.848 bits per heavy atom. The largest absolute Gasteiger partial charge is 0.573 e. The average Bonchev–Trinajstić information content (AvgIpc) is 3.15. The number of nitrogens with zero attached hydrogens (tertiary/aromatic N) is 1. The maximum absolute atomic E-state index is 13.6. The molecule has 3 amide bonds. The second-order valence-electron chi connectivity index (χ2n) is 11.0. The number of ether oxygens (including phenoxy) is 2. The maximum atomic E-state index is 13.6. The minimum absolute atomic E-state index is 0.0584. The number of nitrogens with one attached hydrogen (secondary N) is 1. The molecule has 16 heteroatoms. The predicted octanol–water partition coefficient (Wildman–Crippen LogP) is 7.43. The van der Waals surface area contributed by atoms with Crippen LogP contribution in [-0.2, 0) is 28.8 Å². The van der Waals surface area contributed by atoms with Crippen LogP contribution in [0, 0.1) is 0 Å². The van der Waals surface area contributed by atoms with E-state index in [9.17, 15) is 54.2 Å². The van der Waals surface area contributed by atoms with Crippen LogP contribution in [-0.4, -0.2) is 53.8 Å². The van der Waals surface area contributed by atoms with Gasteiger partial charge in [-0.3, -0.25) is 9.69 Å². The molecule has 256 valence electrons. The van der Waals surface area contributed by atoms with Crippen LogP contribution in [0.25, 0.3) is 0 Å². The molecular formula is C30H33F9N2O5. The number of aryl methyl sites for hydroxylation is 2. The lowest BCUT2D eigenvalue weighted by molar-refractivity contribution is -0.376. The zero-order valence-corrected chi connectivity index (χ0v) is 25.1. The Balaban J connectivity index is 1.72. The highest BCUT2D eigenvalue weighted by atomic mass is 19.4. The van der Waals surface area contributed by atoms with E-state index in [1.54, 1.807) is 13.8 Å². The molecule has 0 bridgehead atoms. The smallest absolute Gasteiger partial charge is 0.493 e. The SMILES string of the molecule is CCCc1cc(C(O)(C(F)(F)F)C(F)(F)F)cc(CCC)c1OCCCCN1C(=O)NC(C)(c2ccc(OC(F)(F)F)cc2)C1=O. The van der Waals surface area contributed by atoms with Crippen molar-refractivity contribution >= 4 is 11.9 Å². The molecule has 2 N–H and O–H groups in total. The molecule has 0 radical (unpaired) electrons. The molecule has 7 nitrogen and oxygen atoms in total. The molecule has 1 aliphatic rings. The first-order valence-electron chi connectivity index (χ1n) is 14.3. The molecule has 0 aromatic heterocycles. The highest BCUT2D eigenvalue weighted by Gasteiger charge is 2.71. The number of urea groups is 1. The number of carbonyl (C=O) groups is 2. The summed E-state index contributed by atoms with van der Waals surface area (Å²) in [5.41, 5.74) is -7.66. The van der Waals surface area contributed by atoms with Crippen LogP contribution in [0.1, 0.15) is 68.7 Å². The summed E-state index contributed by atoms with van der Waals surface area (Å²) in [6.07, 6.45) is -15.7. The molecule has 1 atom stereocenters. The number of rotatable bonds is 13. The summed E-state index contributed by atoms with van der Waals surface area (Å²) >= 11 is 0. The van der Waals surface area contributed by atoms with Crippen molar-refractivity contribution in [2.45, 2.75) is 89.2 Å². The maximum Gasteiger partial charge on any atom is 0.573 e. The molecule has 0 saturated carbocycles. The standard InChI is InChI=1S/C30H33F9N2O5/c1-4-8-18-16-21(27(44,28(31,32)33)29(34,35)36)17-19(9-5-2)23(18)45-15-7-6-14-41-24(42)26(3,40-25(41)43)20-10-12-22(13-11-20)46-30(37,38)39/h10-13,16-17,44H,4-9,14-15H2,1-3H3,(H,40,43). The van der Waals surface area contributed by atoms with Gasteiger partial charge in [-0.05, 0) is 73.6 Å². The molecule has 3 rings (SSSR count). The third kappa shape index (κ3) is 7.64. The Morgan fingerprint density at radius 3 is 1.83 bits per heavy atom. The lowest BCUT2D eigenvalue weighted by atomic mass is 9.87. The number of benzene rings is 2. The van der Waals surface area contributed by atoms with Gasteiger partial charge in [0.15, 0.2) is 0 Å². The van der Waals surface area contributed by atoms with E-state index >= 15 is 0 Å². The molecule has 0 spiro atoms. The van der Waals surface area contributed by atoms with Crippen LogP contribution >= 0.6 is 0 Å². The molecule has 1 aliphatic heterocycles. The van der Waals surface area contributed by atoms with Gasteiger partial charge in [0.05, 0.1) is 6.61 Å². The Labute approximate surface area is 258 Å². The van der Waals surface area contributed by atoms with Gasteiger partial charge in [-0.25, -0.2) is 4.79 Å². The number of halogens is 9. The van der Waals surface area contributed by atoms with Gasteiger partial charge in [-0.15, -0.1) is 13.2 Å². The lowest BCUT2D eigenvalue weighted by Crippen LogP contribution is -2.54. The fourth-order valence-electron chi connectivity index (χ4n) is 5.18. The van der Waals surface area contributed by atoms with Crippen LogP contribution in [0.2, 0.25) is 0 Å². The van der Waals surface area contributed by atoms with Gasteiger partial charge in [0.2, 0.25) is 0 Å². The molecule has 46 heavy (non-hydrogen) atoms. The van der Waals surface area contributed by atoms with E-state index in [2.05, 4.69) is 10.1 Å². The fourth-order valence-corrected chi connectivity index (χ4v) is 5.18. The highest BCUT2D eigenvalue weighted by molar-refractivity contribution is 6.07. The van der Waals surface area contributed by atoms with Crippen molar-refractivity contribution in [3.8, 4) is 11.5 Å². The number of hydrogen-bond acceptors (Lipinski definition) is 5. The van der Waals surface area contributed by atoms with Crippen molar-refractivity contribution in [1.82, 2.24) is 10.2 Å². The lowest BCUT2D eigenvalue weighted by Gasteiger charge is -2.33. The van der Waals surface area contributed by atoms with Gasteiger partial charge in [0.25, 0.3) is 11.5 Å². The topological polar surface area (TPSA) is 88.1 Å². The molecule has 1 heterocycles. The average molecular weight is 673 g/mol. The van der Waals surface area contributed by atoms with Crippen LogP contribution in [0.3, 0.4) is 0 Å². The predicted molar refractivity (Wildman–Crippen MR) is 146 cm³/mol. The van der Waals surface area contributed by atoms with Crippen molar-refractivity contribution in [2.24, 2.45) is 0 Å². The highest BCUT2D eigenvalue weighted by Crippen LogP contribution is 2.51. The molecular weight excluding hydrogens is 639 g/mol. The van der Waals surface area contributed by atoms with Crippen molar-refractivity contribution in [3.63, 3.8) is 0 Å². The van der Waals surface area contributed by atoms with Gasteiger partial charge in [0.1, 0.15) is 17.0 Å². The van der Waals surface area contributed by atoms with Crippen LogP contribution in [0.4, 0.5) is 44.3 Å². The molecule has 2 aromatic rings.